The van der Waals surface area contributed by atoms with Crippen LogP contribution in [-0.2, 0) is 24.1 Å². The lowest BCUT2D eigenvalue weighted by atomic mass is 10.2. The quantitative estimate of drug-likeness (QED) is 0.471. The molecule has 1 saturated heterocycles. The van der Waals surface area contributed by atoms with Gasteiger partial charge in [-0.05, 0) is 43.3 Å². The van der Waals surface area contributed by atoms with E-state index in [-0.39, 0.29) is 24.5 Å². The average Bonchev–Trinajstić information content (AvgIpc) is 3.38. The minimum atomic E-state index is -4.61. The molecule has 1 N–H and O–H groups in total. The first-order chi connectivity index (χ1) is 16.7. The first kappa shape index (κ1) is 25.0. The van der Waals surface area contributed by atoms with Gasteiger partial charge in [-0.15, -0.1) is 0 Å². The average molecular weight is 491 g/mol. The number of carbonyl (C=O) groups is 1. The van der Waals surface area contributed by atoms with Crippen molar-refractivity contribution in [3.05, 3.63) is 59.9 Å². The van der Waals surface area contributed by atoms with Gasteiger partial charge in [0.25, 0.3) is 0 Å². The predicted molar refractivity (Wildman–Crippen MR) is 125 cm³/mol. The van der Waals surface area contributed by atoms with Gasteiger partial charge in [-0.25, -0.2) is 4.98 Å². The number of imidazole rings is 1. The Balaban J connectivity index is 1.29. The zero-order chi connectivity index (χ0) is 25.0. The van der Waals surface area contributed by atoms with Crippen LogP contribution in [0.3, 0.4) is 0 Å². The van der Waals surface area contributed by atoms with Crippen LogP contribution in [0.25, 0.3) is 11.0 Å². The number of benzene rings is 2. The number of hydrogen-bond donors (Lipinski definition) is 1. The number of rotatable bonds is 10. The van der Waals surface area contributed by atoms with Crippen LogP contribution in [-0.4, -0.2) is 69.8 Å². The molecular formula is C25H29F3N4O3. The number of carbonyl (C=O) groups excluding carboxylic acids is 1. The molecule has 3 aromatic rings. The summed E-state index contributed by atoms with van der Waals surface area (Å²) in [4.78, 5) is 19.0. The van der Waals surface area contributed by atoms with Gasteiger partial charge in [0.05, 0.1) is 30.2 Å². The highest BCUT2D eigenvalue weighted by atomic mass is 19.4. The number of fused-ring (bicyclic) bond motifs is 1. The topological polar surface area (TPSA) is 70.8 Å². The van der Waals surface area contributed by atoms with Crippen LogP contribution in [0.1, 0.15) is 24.2 Å². The SMILES string of the molecule is CN(Cc1ccc(OCCN2CCCC2=O)cc1)C[C@@H](O)Cn1c(C(F)(F)F)nc2ccccc21. The molecule has 1 atom stereocenters. The third-order valence-electron chi connectivity index (χ3n) is 6.00. The lowest BCUT2D eigenvalue weighted by Crippen LogP contribution is -2.32. The largest absolute Gasteiger partial charge is 0.492 e. The molecule has 188 valence electrons. The highest BCUT2D eigenvalue weighted by molar-refractivity contribution is 5.78. The summed E-state index contributed by atoms with van der Waals surface area (Å²) >= 11 is 0. The molecule has 7 nitrogen and oxygen atoms in total. The fraction of sp³-hybridized carbons (Fsp3) is 0.440. The summed E-state index contributed by atoms with van der Waals surface area (Å²) < 4.78 is 47.2. The molecule has 0 bridgehead atoms. The number of aromatic nitrogens is 2. The van der Waals surface area contributed by atoms with Crippen molar-refractivity contribution in [1.82, 2.24) is 19.4 Å². The van der Waals surface area contributed by atoms with E-state index in [9.17, 15) is 23.1 Å². The van der Waals surface area contributed by atoms with Gasteiger partial charge in [-0.1, -0.05) is 24.3 Å². The van der Waals surface area contributed by atoms with E-state index < -0.39 is 18.1 Å². The third kappa shape index (κ3) is 6.32. The van der Waals surface area contributed by atoms with E-state index in [0.29, 0.717) is 37.4 Å². The van der Waals surface area contributed by atoms with Crippen molar-refractivity contribution in [2.75, 3.05) is 33.3 Å². The maximum absolute atomic E-state index is 13.5. The summed E-state index contributed by atoms with van der Waals surface area (Å²) in [5.74, 6) is -0.134. The molecule has 1 aliphatic heterocycles. The maximum atomic E-state index is 13.5. The number of nitrogens with zero attached hydrogens (tertiary/aromatic N) is 4. The molecule has 4 rings (SSSR count). The summed E-state index contributed by atoms with van der Waals surface area (Å²) in [6.07, 6.45) is -4.12. The van der Waals surface area contributed by atoms with Crippen molar-refractivity contribution < 1.29 is 27.8 Å². The first-order valence-electron chi connectivity index (χ1n) is 11.6. The number of aliphatic hydroxyl groups excluding tert-OH is 1. The number of para-hydroxylation sites is 2. The Morgan fingerprint density at radius 3 is 2.60 bits per heavy atom. The monoisotopic (exact) mass is 490 g/mol. The number of amides is 1. The number of likely N-dealkylation sites (tertiary alicyclic amines) is 1. The Morgan fingerprint density at radius 1 is 1.17 bits per heavy atom. The second-order valence-electron chi connectivity index (χ2n) is 8.86. The third-order valence-corrected chi connectivity index (χ3v) is 6.00. The Morgan fingerprint density at radius 2 is 1.91 bits per heavy atom. The Labute approximate surface area is 201 Å². The van der Waals surface area contributed by atoms with Crippen molar-refractivity contribution in [2.45, 2.75) is 38.2 Å². The zero-order valence-corrected chi connectivity index (χ0v) is 19.5. The maximum Gasteiger partial charge on any atom is 0.449 e. The van der Waals surface area contributed by atoms with E-state index in [1.807, 2.05) is 29.2 Å². The van der Waals surface area contributed by atoms with Gasteiger partial charge in [0, 0.05) is 26.1 Å². The smallest absolute Gasteiger partial charge is 0.449 e. The van der Waals surface area contributed by atoms with E-state index in [1.54, 1.807) is 30.1 Å². The molecule has 10 heteroatoms. The summed E-state index contributed by atoms with van der Waals surface area (Å²) in [6.45, 7) is 2.27. The second-order valence-corrected chi connectivity index (χ2v) is 8.86. The molecule has 0 aliphatic carbocycles. The van der Waals surface area contributed by atoms with Crippen molar-refractivity contribution >= 4 is 16.9 Å². The molecule has 2 aromatic carbocycles. The van der Waals surface area contributed by atoms with Gasteiger partial charge in [0.2, 0.25) is 11.7 Å². The first-order valence-corrected chi connectivity index (χ1v) is 11.6. The molecular weight excluding hydrogens is 461 g/mol. The van der Waals surface area contributed by atoms with Gasteiger partial charge in [0.15, 0.2) is 0 Å². The summed E-state index contributed by atoms with van der Waals surface area (Å²) in [5.41, 5.74) is 1.56. The molecule has 1 amide bonds. The number of ether oxygens (including phenoxy) is 1. The van der Waals surface area contributed by atoms with Crippen LogP contribution in [0.15, 0.2) is 48.5 Å². The highest BCUT2D eigenvalue weighted by Crippen LogP contribution is 2.31. The van der Waals surface area contributed by atoms with E-state index in [1.165, 1.54) is 6.07 Å². The van der Waals surface area contributed by atoms with E-state index in [4.69, 9.17) is 4.74 Å². The lowest BCUT2D eigenvalue weighted by molar-refractivity contribution is -0.147. The number of hydrogen-bond acceptors (Lipinski definition) is 5. The van der Waals surface area contributed by atoms with E-state index in [0.717, 1.165) is 23.1 Å². The number of likely N-dealkylation sites (N-methyl/N-ethyl adjacent to an activating group) is 1. The molecule has 35 heavy (non-hydrogen) atoms. The number of alkyl halides is 3. The van der Waals surface area contributed by atoms with Crippen LogP contribution in [0.4, 0.5) is 13.2 Å². The Kier molecular flexibility index (Phi) is 7.61. The van der Waals surface area contributed by atoms with E-state index in [2.05, 4.69) is 4.98 Å². The van der Waals surface area contributed by atoms with Crippen molar-refractivity contribution in [2.24, 2.45) is 0 Å². The fourth-order valence-electron chi connectivity index (χ4n) is 4.39. The van der Waals surface area contributed by atoms with Crippen molar-refractivity contribution in [1.29, 1.82) is 0 Å². The summed E-state index contributed by atoms with van der Waals surface area (Å²) in [7, 11) is 1.80. The molecule has 2 heterocycles. The van der Waals surface area contributed by atoms with Gasteiger partial charge in [-0.2, -0.15) is 13.2 Å². The van der Waals surface area contributed by atoms with Crippen molar-refractivity contribution in [3.63, 3.8) is 0 Å². The highest BCUT2D eigenvalue weighted by Gasteiger charge is 2.38. The van der Waals surface area contributed by atoms with Gasteiger partial charge >= 0.3 is 6.18 Å². The van der Waals surface area contributed by atoms with Crippen LogP contribution in [0.2, 0.25) is 0 Å². The number of aliphatic hydroxyl groups is 1. The summed E-state index contributed by atoms with van der Waals surface area (Å²) in [5, 5.41) is 10.6. The standard InChI is InChI=1S/C25H29F3N4O3/c1-30(15-18-8-10-20(11-9-18)35-14-13-31-12-4-7-23(31)34)16-19(33)17-32-22-6-3-2-5-21(22)29-24(32)25(26,27)28/h2-3,5-6,8-11,19,33H,4,7,12-17H2,1H3/t19-/m1/s1. The van der Waals surface area contributed by atoms with Crippen molar-refractivity contribution in [3.8, 4) is 5.75 Å². The Hall–Kier alpha value is -3.11. The molecule has 1 fully saturated rings. The van der Waals surface area contributed by atoms with Crippen LogP contribution >= 0.6 is 0 Å². The molecule has 1 aliphatic rings. The summed E-state index contributed by atoms with van der Waals surface area (Å²) in [6, 6.07) is 13.9. The molecule has 1 aromatic heterocycles. The molecule has 0 radical (unpaired) electrons. The zero-order valence-electron chi connectivity index (χ0n) is 19.5. The number of halogens is 3. The van der Waals surface area contributed by atoms with E-state index >= 15 is 0 Å². The van der Waals surface area contributed by atoms with Crippen LogP contribution in [0, 0.1) is 0 Å². The Bertz CT molecular complexity index is 1150. The minimum absolute atomic E-state index is 0.171. The van der Waals surface area contributed by atoms with Gasteiger partial charge < -0.3 is 19.3 Å². The molecule has 0 saturated carbocycles. The van der Waals surface area contributed by atoms with Crippen LogP contribution in [0.5, 0.6) is 5.75 Å². The second kappa shape index (κ2) is 10.7. The normalized spacial score (nSPS) is 15.4. The van der Waals surface area contributed by atoms with Crippen LogP contribution < -0.4 is 4.74 Å². The fourth-order valence-corrected chi connectivity index (χ4v) is 4.39. The molecule has 0 unspecified atom stereocenters. The predicted octanol–water partition coefficient (Wildman–Crippen LogP) is 3.55. The lowest BCUT2D eigenvalue weighted by Gasteiger charge is -2.22. The van der Waals surface area contributed by atoms with Gasteiger partial charge in [-0.3, -0.25) is 9.69 Å². The van der Waals surface area contributed by atoms with Gasteiger partial charge in [0.1, 0.15) is 12.4 Å². The molecule has 0 spiro atoms. The minimum Gasteiger partial charge on any atom is -0.492 e.